The van der Waals surface area contributed by atoms with Gasteiger partial charge < -0.3 is 14.4 Å². The van der Waals surface area contributed by atoms with Crippen LogP contribution in [0, 0.1) is 6.92 Å². The largest absolute Gasteiger partial charge is 0.508 e. The third-order valence-corrected chi connectivity index (χ3v) is 3.77. The van der Waals surface area contributed by atoms with Crippen LogP contribution in [0.4, 0.5) is 0 Å². The number of hydrogen-bond donors (Lipinski definition) is 1. The topological polar surface area (TPSA) is 34.4 Å². The van der Waals surface area contributed by atoms with Crippen molar-refractivity contribution in [2.24, 2.45) is 0 Å². The maximum absolute atomic E-state index is 9.48. The number of ether oxygens (including phenoxy) is 1. The van der Waals surface area contributed by atoms with Gasteiger partial charge in [-0.15, -0.1) is 0 Å². The summed E-state index contributed by atoms with van der Waals surface area (Å²) in [6, 6.07) is 15.4. The Morgan fingerprint density at radius 2 is 1.90 bits per heavy atom. The van der Waals surface area contributed by atoms with Crippen molar-refractivity contribution in [3.8, 4) is 11.5 Å². The Balaban J connectivity index is 1.91. The van der Waals surface area contributed by atoms with E-state index in [0.717, 1.165) is 12.2 Å². The summed E-state index contributed by atoms with van der Waals surface area (Å²) in [5.74, 6) is 0.902. The zero-order valence-corrected chi connectivity index (χ0v) is 12.3. The molecular formula is C18H19NO2. The van der Waals surface area contributed by atoms with Crippen LogP contribution in [0.5, 0.6) is 11.5 Å². The molecule has 0 aliphatic heterocycles. The highest BCUT2D eigenvalue weighted by Gasteiger charge is 2.09. The van der Waals surface area contributed by atoms with Crippen LogP contribution in [0.2, 0.25) is 0 Å². The van der Waals surface area contributed by atoms with Gasteiger partial charge in [0.05, 0.1) is 5.69 Å². The van der Waals surface area contributed by atoms with Crippen molar-refractivity contribution < 1.29 is 9.84 Å². The summed E-state index contributed by atoms with van der Waals surface area (Å²) in [6.07, 6.45) is 0. The highest BCUT2D eigenvalue weighted by atomic mass is 16.5. The Bertz CT molecular complexity index is 774. The number of benzene rings is 2. The predicted octanol–water partition coefficient (Wildman–Crippen LogP) is 4.25. The first kappa shape index (κ1) is 13.6. The molecule has 0 bridgehead atoms. The summed E-state index contributed by atoms with van der Waals surface area (Å²) >= 11 is 0. The molecule has 0 fully saturated rings. The lowest BCUT2D eigenvalue weighted by atomic mass is 10.1. The minimum absolute atomic E-state index is 0.222. The van der Waals surface area contributed by atoms with Gasteiger partial charge in [0.15, 0.2) is 0 Å². The van der Waals surface area contributed by atoms with Gasteiger partial charge in [0.2, 0.25) is 0 Å². The van der Waals surface area contributed by atoms with Gasteiger partial charge in [0.25, 0.3) is 0 Å². The zero-order chi connectivity index (χ0) is 14.8. The van der Waals surface area contributed by atoms with Crippen molar-refractivity contribution in [2.75, 3.05) is 0 Å². The third kappa shape index (κ3) is 2.59. The molecule has 0 unspecified atom stereocenters. The zero-order valence-electron chi connectivity index (χ0n) is 12.3. The first-order chi connectivity index (χ1) is 10.2. The Morgan fingerprint density at radius 1 is 1.10 bits per heavy atom. The van der Waals surface area contributed by atoms with E-state index in [1.54, 1.807) is 18.2 Å². The van der Waals surface area contributed by atoms with E-state index in [4.69, 9.17) is 4.74 Å². The second kappa shape index (κ2) is 5.52. The molecule has 1 heterocycles. The number of aromatic hydroxyl groups is 1. The molecule has 0 aliphatic rings. The quantitative estimate of drug-likeness (QED) is 0.775. The summed E-state index contributed by atoms with van der Waals surface area (Å²) in [6.45, 7) is 5.67. The van der Waals surface area contributed by atoms with E-state index in [9.17, 15) is 5.11 Å². The van der Waals surface area contributed by atoms with Crippen LogP contribution in [-0.4, -0.2) is 9.67 Å². The first-order valence-electron chi connectivity index (χ1n) is 7.18. The number of fused-ring (bicyclic) bond motifs is 1. The smallest absolute Gasteiger partial charge is 0.128 e. The van der Waals surface area contributed by atoms with E-state index in [-0.39, 0.29) is 5.75 Å². The lowest BCUT2D eigenvalue weighted by Gasteiger charge is -2.10. The number of phenolic OH excluding ortho intramolecular Hbond substituents is 1. The molecule has 21 heavy (non-hydrogen) atoms. The number of aromatic nitrogens is 1. The molecule has 0 saturated carbocycles. The Morgan fingerprint density at radius 3 is 2.67 bits per heavy atom. The fourth-order valence-electron chi connectivity index (χ4n) is 2.71. The highest BCUT2D eigenvalue weighted by molar-refractivity contribution is 5.84. The number of hydrogen-bond acceptors (Lipinski definition) is 2. The van der Waals surface area contributed by atoms with Crippen molar-refractivity contribution in [3.63, 3.8) is 0 Å². The Hall–Kier alpha value is -2.42. The van der Waals surface area contributed by atoms with E-state index >= 15 is 0 Å². The molecule has 108 valence electrons. The molecule has 3 aromatic rings. The molecule has 1 N–H and O–H groups in total. The molecule has 3 heteroatoms. The monoisotopic (exact) mass is 281 g/mol. The van der Waals surface area contributed by atoms with Gasteiger partial charge >= 0.3 is 0 Å². The molecule has 1 aromatic heterocycles. The molecule has 3 rings (SSSR count). The summed E-state index contributed by atoms with van der Waals surface area (Å²) in [4.78, 5) is 0. The van der Waals surface area contributed by atoms with E-state index in [2.05, 4.69) is 42.7 Å². The number of nitrogens with zero attached hydrogens (tertiary/aromatic N) is 1. The SMILES string of the molecule is CCn1c(COc2cccc(O)c2)cc2c(C)cccc21. The predicted molar refractivity (Wildman–Crippen MR) is 84.8 cm³/mol. The molecule has 3 nitrogen and oxygen atoms in total. The van der Waals surface area contributed by atoms with Gasteiger partial charge in [0, 0.05) is 23.5 Å². The van der Waals surface area contributed by atoms with Crippen LogP contribution < -0.4 is 4.74 Å². The molecule has 0 radical (unpaired) electrons. The minimum Gasteiger partial charge on any atom is -0.508 e. The number of phenols is 1. The van der Waals surface area contributed by atoms with Crippen molar-refractivity contribution in [3.05, 3.63) is 59.8 Å². The molecule has 0 amide bonds. The van der Waals surface area contributed by atoms with Gasteiger partial charge in [-0.1, -0.05) is 18.2 Å². The maximum Gasteiger partial charge on any atom is 0.128 e. The highest BCUT2D eigenvalue weighted by Crippen LogP contribution is 2.25. The van der Waals surface area contributed by atoms with Crippen molar-refractivity contribution >= 4 is 10.9 Å². The van der Waals surface area contributed by atoms with E-state index in [1.807, 2.05) is 6.07 Å². The molecule has 0 spiro atoms. The molecule has 0 aliphatic carbocycles. The van der Waals surface area contributed by atoms with Crippen LogP contribution in [-0.2, 0) is 13.2 Å². The lowest BCUT2D eigenvalue weighted by Crippen LogP contribution is -2.04. The van der Waals surface area contributed by atoms with Crippen LogP contribution >= 0.6 is 0 Å². The average molecular weight is 281 g/mol. The van der Waals surface area contributed by atoms with Crippen LogP contribution in [0.1, 0.15) is 18.2 Å². The van der Waals surface area contributed by atoms with E-state index in [0.29, 0.717) is 12.4 Å². The Kier molecular flexibility index (Phi) is 3.57. The van der Waals surface area contributed by atoms with Crippen molar-refractivity contribution in [2.45, 2.75) is 27.0 Å². The van der Waals surface area contributed by atoms with Crippen LogP contribution in [0.15, 0.2) is 48.5 Å². The fraction of sp³-hybridized carbons (Fsp3) is 0.222. The van der Waals surface area contributed by atoms with Gasteiger partial charge in [0.1, 0.15) is 18.1 Å². The van der Waals surface area contributed by atoms with Crippen molar-refractivity contribution in [1.29, 1.82) is 0 Å². The van der Waals surface area contributed by atoms with Crippen LogP contribution in [0.3, 0.4) is 0 Å². The molecule has 0 saturated heterocycles. The molecule has 2 aromatic carbocycles. The molecule has 0 atom stereocenters. The van der Waals surface area contributed by atoms with Gasteiger partial charge in [-0.3, -0.25) is 0 Å². The number of rotatable bonds is 4. The summed E-state index contributed by atoms with van der Waals surface area (Å²) < 4.78 is 8.07. The maximum atomic E-state index is 9.48. The van der Waals surface area contributed by atoms with Crippen molar-refractivity contribution in [1.82, 2.24) is 4.57 Å². The second-order valence-electron chi connectivity index (χ2n) is 5.17. The normalized spacial score (nSPS) is 11.0. The van der Waals surface area contributed by atoms with Gasteiger partial charge in [-0.05, 0) is 43.7 Å². The summed E-state index contributed by atoms with van der Waals surface area (Å²) in [5.41, 5.74) is 3.66. The standard InChI is InChI=1S/C18H19NO2/c1-3-19-14(10-17-13(2)6-4-9-18(17)19)12-21-16-8-5-7-15(20)11-16/h4-11,20H,3,12H2,1-2H3. The number of aryl methyl sites for hydroxylation is 2. The third-order valence-electron chi connectivity index (χ3n) is 3.77. The van der Waals surface area contributed by atoms with E-state index in [1.165, 1.54) is 16.5 Å². The van der Waals surface area contributed by atoms with Gasteiger partial charge in [-0.2, -0.15) is 0 Å². The van der Waals surface area contributed by atoms with E-state index < -0.39 is 0 Å². The first-order valence-corrected chi connectivity index (χ1v) is 7.18. The summed E-state index contributed by atoms with van der Waals surface area (Å²) in [7, 11) is 0. The van der Waals surface area contributed by atoms with Gasteiger partial charge in [-0.25, -0.2) is 0 Å². The molecular weight excluding hydrogens is 262 g/mol. The minimum atomic E-state index is 0.222. The van der Waals surface area contributed by atoms with Crippen LogP contribution in [0.25, 0.3) is 10.9 Å². The lowest BCUT2D eigenvalue weighted by molar-refractivity contribution is 0.294. The fourth-order valence-corrected chi connectivity index (χ4v) is 2.71. The average Bonchev–Trinajstić information content (AvgIpc) is 2.84. The second-order valence-corrected chi connectivity index (χ2v) is 5.17. The summed E-state index contributed by atoms with van der Waals surface area (Å²) in [5, 5.41) is 10.7. The Labute approximate surface area is 124 Å².